The maximum absolute atomic E-state index is 11.3. The molecule has 2 atom stereocenters. The number of aliphatic carboxylic acids is 1. The number of phenolic OH excluding ortho intramolecular Hbond substituents is 1. The third-order valence-electron chi connectivity index (χ3n) is 3.89. The van der Waals surface area contributed by atoms with E-state index in [1.165, 1.54) is 0 Å². The van der Waals surface area contributed by atoms with Gasteiger partial charge in [-0.25, -0.2) is 4.79 Å². The van der Waals surface area contributed by atoms with Crippen LogP contribution < -0.4 is 4.90 Å². The Labute approximate surface area is 99.5 Å². The van der Waals surface area contributed by atoms with Gasteiger partial charge in [0, 0.05) is 6.04 Å². The lowest BCUT2D eigenvalue weighted by atomic mass is 9.96. The molecule has 0 radical (unpaired) electrons. The van der Waals surface area contributed by atoms with Crippen LogP contribution in [0.1, 0.15) is 24.8 Å². The Kier molecular flexibility index (Phi) is 2.24. The maximum Gasteiger partial charge on any atom is 0.326 e. The molecule has 0 bridgehead atoms. The van der Waals surface area contributed by atoms with Crippen molar-refractivity contribution in [3.8, 4) is 5.75 Å². The molecule has 1 aromatic rings. The second-order valence-electron chi connectivity index (χ2n) is 4.82. The van der Waals surface area contributed by atoms with Crippen LogP contribution in [0.5, 0.6) is 5.75 Å². The first-order chi connectivity index (χ1) is 8.18. The molecule has 0 saturated carbocycles. The van der Waals surface area contributed by atoms with Crippen LogP contribution in [0.4, 0.5) is 5.69 Å². The molecule has 0 aliphatic carbocycles. The summed E-state index contributed by atoms with van der Waals surface area (Å²) >= 11 is 0. The first kappa shape index (κ1) is 10.4. The van der Waals surface area contributed by atoms with Crippen LogP contribution in [0.25, 0.3) is 0 Å². The van der Waals surface area contributed by atoms with Gasteiger partial charge in [0.25, 0.3) is 0 Å². The third-order valence-corrected chi connectivity index (χ3v) is 3.89. The van der Waals surface area contributed by atoms with E-state index in [-0.39, 0.29) is 11.8 Å². The van der Waals surface area contributed by atoms with Crippen LogP contribution in [0.15, 0.2) is 18.2 Å². The lowest BCUT2D eigenvalue weighted by molar-refractivity contribution is -0.138. The number of benzene rings is 1. The molecule has 0 aromatic heterocycles. The van der Waals surface area contributed by atoms with Gasteiger partial charge < -0.3 is 15.1 Å². The van der Waals surface area contributed by atoms with Crippen molar-refractivity contribution in [2.24, 2.45) is 0 Å². The van der Waals surface area contributed by atoms with Crippen molar-refractivity contribution < 1.29 is 15.0 Å². The summed E-state index contributed by atoms with van der Waals surface area (Å²) in [6.07, 6.45) is 3.50. The molecule has 1 saturated heterocycles. The number of fused-ring (bicyclic) bond motifs is 3. The Morgan fingerprint density at radius 2 is 2.12 bits per heavy atom. The molecule has 2 aliphatic rings. The number of aromatic hydroxyl groups is 1. The number of nitrogens with zero attached hydrogens (tertiary/aromatic N) is 1. The topological polar surface area (TPSA) is 60.8 Å². The summed E-state index contributed by atoms with van der Waals surface area (Å²) in [4.78, 5) is 13.2. The lowest BCUT2D eigenvalue weighted by Gasteiger charge is -2.36. The van der Waals surface area contributed by atoms with E-state index in [9.17, 15) is 15.0 Å². The van der Waals surface area contributed by atoms with Gasteiger partial charge >= 0.3 is 5.97 Å². The van der Waals surface area contributed by atoms with Gasteiger partial charge in [-0.2, -0.15) is 0 Å². The normalized spacial score (nSPS) is 26.5. The number of aryl methyl sites for hydroxylation is 1. The standard InChI is InChI=1S/C13H15NO3/c15-11-3-1-2-8-4-5-9-6-7-10(13(16)17)14(9)12(8)11/h1-3,9-10,15H,4-7H2,(H,16,17). The summed E-state index contributed by atoms with van der Waals surface area (Å²) in [5.74, 6) is -0.580. The van der Waals surface area contributed by atoms with Crippen molar-refractivity contribution in [3.05, 3.63) is 23.8 Å². The Balaban J connectivity index is 2.10. The third kappa shape index (κ3) is 1.47. The summed E-state index contributed by atoms with van der Waals surface area (Å²) in [6.45, 7) is 0. The van der Waals surface area contributed by atoms with Gasteiger partial charge in [-0.3, -0.25) is 0 Å². The number of rotatable bonds is 1. The highest BCUT2D eigenvalue weighted by Crippen LogP contribution is 2.43. The van der Waals surface area contributed by atoms with Crippen molar-refractivity contribution in [2.75, 3.05) is 4.90 Å². The molecule has 2 heterocycles. The maximum atomic E-state index is 11.3. The summed E-state index contributed by atoms with van der Waals surface area (Å²) in [7, 11) is 0. The molecule has 4 nitrogen and oxygen atoms in total. The van der Waals surface area contributed by atoms with E-state index in [1.54, 1.807) is 6.07 Å². The molecule has 2 unspecified atom stereocenters. The van der Waals surface area contributed by atoms with E-state index in [1.807, 2.05) is 17.0 Å². The van der Waals surface area contributed by atoms with Crippen molar-refractivity contribution in [1.29, 1.82) is 0 Å². The van der Waals surface area contributed by atoms with E-state index >= 15 is 0 Å². The lowest BCUT2D eigenvalue weighted by Crippen LogP contribution is -2.43. The van der Waals surface area contributed by atoms with Crippen LogP contribution in [-0.2, 0) is 11.2 Å². The Bertz CT molecular complexity index is 472. The van der Waals surface area contributed by atoms with Crippen LogP contribution in [-0.4, -0.2) is 28.3 Å². The van der Waals surface area contributed by atoms with Crippen LogP contribution in [0.2, 0.25) is 0 Å². The SMILES string of the molecule is O=C(O)C1CCC2CCc3cccc(O)c3N21. The predicted octanol–water partition coefficient (Wildman–Crippen LogP) is 1.76. The highest BCUT2D eigenvalue weighted by Gasteiger charge is 2.41. The number of carbonyl (C=O) groups is 1. The van der Waals surface area contributed by atoms with E-state index in [0.717, 1.165) is 30.5 Å². The highest BCUT2D eigenvalue weighted by atomic mass is 16.4. The van der Waals surface area contributed by atoms with Crippen molar-refractivity contribution in [2.45, 2.75) is 37.8 Å². The fraction of sp³-hybridized carbons (Fsp3) is 0.462. The van der Waals surface area contributed by atoms with E-state index in [0.29, 0.717) is 6.42 Å². The summed E-state index contributed by atoms with van der Waals surface area (Å²) in [6, 6.07) is 5.23. The number of carboxylic acid groups (broad SMARTS) is 1. The van der Waals surface area contributed by atoms with E-state index in [2.05, 4.69) is 0 Å². The number of anilines is 1. The van der Waals surface area contributed by atoms with Gasteiger partial charge in [-0.15, -0.1) is 0 Å². The van der Waals surface area contributed by atoms with Crippen LogP contribution >= 0.6 is 0 Å². The second kappa shape index (κ2) is 3.65. The number of phenols is 1. The monoisotopic (exact) mass is 233 g/mol. The molecule has 1 fully saturated rings. The van der Waals surface area contributed by atoms with E-state index in [4.69, 9.17) is 0 Å². The molecular weight excluding hydrogens is 218 g/mol. The first-order valence-corrected chi connectivity index (χ1v) is 6.00. The zero-order chi connectivity index (χ0) is 12.0. The van der Waals surface area contributed by atoms with E-state index < -0.39 is 12.0 Å². The minimum atomic E-state index is -0.788. The number of carboxylic acids is 1. The Morgan fingerprint density at radius 1 is 1.29 bits per heavy atom. The Hall–Kier alpha value is -1.71. The smallest absolute Gasteiger partial charge is 0.326 e. The summed E-state index contributed by atoms with van der Waals surface area (Å²) in [5, 5.41) is 19.2. The Morgan fingerprint density at radius 3 is 2.88 bits per heavy atom. The molecule has 2 aliphatic heterocycles. The zero-order valence-electron chi connectivity index (χ0n) is 9.47. The predicted molar refractivity (Wildman–Crippen MR) is 63.4 cm³/mol. The minimum Gasteiger partial charge on any atom is -0.506 e. The van der Waals surface area contributed by atoms with Gasteiger partial charge in [0.05, 0.1) is 5.69 Å². The van der Waals surface area contributed by atoms with Crippen molar-refractivity contribution in [1.82, 2.24) is 0 Å². The van der Waals surface area contributed by atoms with Gasteiger partial charge in [-0.1, -0.05) is 12.1 Å². The fourth-order valence-electron chi connectivity index (χ4n) is 3.15. The van der Waals surface area contributed by atoms with Crippen molar-refractivity contribution in [3.63, 3.8) is 0 Å². The number of para-hydroxylation sites is 1. The minimum absolute atomic E-state index is 0.209. The average molecular weight is 233 g/mol. The highest BCUT2D eigenvalue weighted by molar-refractivity contribution is 5.82. The first-order valence-electron chi connectivity index (χ1n) is 6.00. The molecule has 90 valence electrons. The molecule has 0 amide bonds. The average Bonchev–Trinajstić information content (AvgIpc) is 2.72. The molecule has 2 N–H and O–H groups in total. The van der Waals surface area contributed by atoms with Gasteiger partial charge in [-0.05, 0) is 37.3 Å². The van der Waals surface area contributed by atoms with Gasteiger partial charge in [0.2, 0.25) is 0 Å². The quantitative estimate of drug-likeness (QED) is 0.776. The second-order valence-corrected chi connectivity index (χ2v) is 4.82. The van der Waals surface area contributed by atoms with Crippen LogP contribution in [0.3, 0.4) is 0 Å². The van der Waals surface area contributed by atoms with Crippen molar-refractivity contribution >= 4 is 11.7 Å². The fourth-order valence-corrected chi connectivity index (χ4v) is 3.15. The van der Waals surface area contributed by atoms with Crippen LogP contribution in [0, 0.1) is 0 Å². The molecule has 0 spiro atoms. The van der Waals surface area contributed by atoms with Gasteiger partial charge in [0.15, 0.2) is 0 Å². The largest absolute Gasteiger partial charge is 0.506 e. The molecular formula is C13H15NO3. The molecule has 1 aromatic carbocycles. The zero-order valence-corrected chi connectivity index (χ0v) is 9.47. The summed E-state index contributed by atoms with van der Waals surface area (Å²) < 4.78 is 0. The number of hydrogen-bond donors (Lipinski definition) is 2. The van der Waals surface area contributed by atoms with Gasteiger partial charge in [0.1, 0.15) is 11.8 Å². The number of hydrogen-bond acceptors (Lipinski definition) is 3. The molecule has 4 heteroatoms. The molecule has 3 rings (SSSR count). The molecule has 17 heavy (non-hydrogen) atoms. The summed E-state index contributed by atoms with van der Waals surface area (Å²) in [5.41, 5.74) is 1.81.